The third kappa shape index (κ3) is 4.28. The number of carbonyl (C=O) groups excluding carboxylic acids is 2. The molecule has 1 aromatic carbocycles. The van der Waals surface area contributed by atoms with E-state index in [9.17, 15) is 9.59 Å². The number of nitrogens with one attached hydrogen (secondary N) is 2. The lowest BCUT2D eigenvalue weighted by Gasteiger charge is -2.16. The van der Waals surface area contributed by atoms with Gasteiger partial charge in [0.2, 0.25) is 11.8 Å². The van der Waals surface area contributed by atoms with Gasteiger partial charge < -0.3 is 16.4 Å². The molecule has 2 amide bonds. The molecule has 1 aliphatic rings. The Morgan fingerprint density at radius 3 is 2.74 bits per heavy atom. The Kier molecular flexibility index (Phi) is 4.04. The third-order valence-corrected chi connectivity index (χ3v) is 3.03. The highest BCUT2D eigenvalue weighted by Crippen LogP contribution is 2.19. The van der Waals surface area contributed by atoms with Crippen LogP contribution in [0.2, 0.25) is 0 Å². The number of primary amides is 1. The van der Waals surface area contributed by atoms with E-state index in [1.807, 2.05) is 31.2 Å². The van der Waals surface area contributed by atoms with Crippen molar-refractivity contribution in [1.29, 1.82) is 0 Å². The Morgan fingerprint density at radius 2 is 2.16 bits per heavy atom. The maximum atomic E-state index is 11.7. The van der Waals surface area contributed by atoms with E-state index in [0.29, 0.717) is 6.04 Å². The summed E-state index contributed by atoms with van der Waals surface area (Å²) in [7, 11) is 0. The minimum atomic E-state index is -0.680. The van der Waals surface area contributed by atoms with Crippen LogP contribution < -0.4 is 16.4 Å². The van der Waals surface area contributed by atoms with Crippen LogP contribution in [0.1, 0.15) is 24.8 Å². The zero-order valence-corrected chi connectivity index (χ0v) is 11.0. The molecule has 4 N–H and O–H groups in total. The zero-order chi connectivity index (χ0) is 13.8. The molecule has 1 unspecified atom stereocenters. The standard InChI is InChI=1S/C14H19N3O2/c1-9-3-2-4-11(7-9)16-12(14(15)19)8-13(18)17-10-5-6-10/h2-4,7,10,12,16H,5-6,8H2,1H3,(H2,15,19)(H,17,18). The number of amides is 2. The third-order valence-electron chi connectivity index (χ3n) is 3.03. The smallest absolute Gasteiger partial charge is 0.240 e. The number of hydrogen-bond donors (Lipinski definition) is 3. The second kappa shape index (κ2) is 5.73. The van der Waals surface area contributed by atoms with Gasteiger partial charge in [0.1, 0.15) is 6.04 Å². The van der Waals surface area contributed by atoms with Crippen LogP contribution in [0.25, 0.3) is 0 Å². The highest BCUT2D eigenvalue weighted by Gasteiger charge is 2.26. The number of nitrogens with two attached hydrogens (primary N) is 1. The number of aryl methyl sites for hydroxylation is 1. The van der Waals surface area contributed by atoms with Crippen LogP contribution in [0.15, 0.2) is 24.3 Å². The fourth-order valence-corrected chi connectivity index (χ4v) is 1.86. The van der Waals surface area contributed by atoms with Crippen molar-refractivity contribution in [2.75, 3.05) is 5.32 Å². The maximum Gasteiger partial charge on any atom is 0.240 e. The fourth-order valence-electron chi connectivity index (χ4n) is 1.86. The first-order chi connectivity index (χ1) is 9.04. The van der Waals surface area contributed by atoms with Gasteiger partial charge in [-0.3, -0.25) is 9.59 Å². The summed E-state index contributed by atoms with van der Waals surface area (Å²) in [6.07, 6.45) is 2.12. The van der Waals surface area contributed by atoms with Gasteiger partial charge in [0.15, 0.2) is 0 Å². The van der Waals surface area contributed by atoms with E-state index in [0.717, 1.165) is 24.1 Å². The Labute approximate surface area is 112 Å². The summed E-state index contributed by atoms with van der Waals surface area (Å²) < 4.78 is 0. The van der Waals surface area contributed by atoms with Crippen LogP contribution in [-0.2, 0) is 9.59 Å². The van der Waals surface area contributed by atoms with Gasteiger partial charge in [-0.05, 0) is 37.5 Å². The second-order valence-corrected chi connectivity index (χ2v) is 5.01. The van der Waals surface area contributed by atoms with Gasteiger partial charge in [0, 0.05) is 11.7 Å². The van der Waals surface area contributed by atoms with Crippen molar-refractivity contribution in [2.24, 2.45) is 5.73 Å². The molecule has 0 heterocycles. The SMILES string of the molecule is Cc1cccc(NC(CC(=O)NC2CC2)C(N)=O)c1. The predicted molar refractivity (Wildman–Crippen MR) is 73.6 cm³/mol. The van der Waals surface area contributed by atoms with Crippen molar-refractivity contribution in [2.45, 2.75) is 38.3 Å². The van der Waals surface area contributed by atoms with Crippen molar-refractivity contribution in [3.8, 4) is 0 Å². The quantitative estimate of drug-likeness (QED) is 0.712. The molecule has 0 saturated heterocycles. The molecule has 1 saturated carbocycles. The number of carbonyl (C=O) groups is 2. The molecular weight excluding hydrogens is 242 g/mol. The monoisotopic (exact) mass is 261 g/mol. The highest BCUT2D eigenvalue weighted by atomic mass is 16.2. The van der Waals surface area contributed by atoms with Crippen molar-refractivity contribution in [3.05, 3.63) is 29.8 Å². The molecular formula is C14H19N3O2. The van der Waals surface area contributed by atoms with Gasteiger partial charge in [0.05, 0.1) is 6.42 Å². The predicted octanol–water partition coefficient (Wildman–Crippen LogP) is 0.930. The summed E-state index contributed by atoms with van der Waals surface area (Å²) in [5, 5.41) is 5.86. The van der Waals surface area contributed by atoms with Crippen molar-refractivity contribution >= 4 is 17.5 Å². The van der Waals surface area contributed by atoms with Gasteiger partial charge >= 0.3 is 0 Å². The first-order valence-corrected chi connectivity index (χ1v) is 6.46. The lowest BCUT2D eigenvalue weighted by Crippen LogP contribution is -2.40. The summed E-state index contributed by atoms with van der Waals surface area (Å²) in [6, 6.07) is 7.22. The number of anilines is 1. The van der Waals surface area contributed by atoms with Gasteiger partial charge in [-0.25, -0.2) is 0 Å². The van der Waals surface area contributed by atoms with E-state index in [1.54, 1.807) is 0 Å². The van der Waals surface area contributed by atoms with Crippen LogP contribution in [0, 0.1) is 6.92 Å². The first-order valence-electron chi connectivity index (χ1n) is 6.46. The van der Waals surface area contributed by atoms with Crippen LogP contribution in [0.5, 0.6) is 0 Å². The minimum absolute atomic E-state index is 0.0692. The fraction of sp³-hybridized carbons (Fsp3) is 0.429. The Hall–Kier alpha value is -2.04. The first kappa shape index (κ1) is 13.4. The van der Waals surface area contributed by atoms with Crippen LogP contribution >= 0.6 is 0 Å². The zero-order valence-electron chi connectivity index (χ0n) is 11.0. The van der Waals surface area contributed by atoms with E-state index in [2.05, 4.69) is 10.6 Å². The molecule has 5 nitrogen and oxygen atoms in total. The average Bonchev–Trinajstić information content (AvgIpc) is 3.12. The van der Waals surface area contributed by atoms with Gasteiger partial charge in [-0.1, -0.05) is 12.1 Å². The Balaban J connectivity index is 1.95. The highest BCUT2D eigenvalue weighted by molar-refractivity contribution is 5.89. The number of benzene rings is 1. The Morgan fingerprint density at radius 1 is 1.42 bits per heavy atom. The molecule has 1 fully saturated rings. The molecule has 5 heteroatoms. The van der Waals surface area contributed by atoms with E-state index < -0.39 is 11.9 Å². The molecule has 102 valence electrons. The van der Waals surface area contributed by atoms with E-state index >= 15 is 0 Å². The molecule has 2 rings (SSSR count). The summed E-state index contributed by atoms with van der Waals surface area (Å²) in [5.74, 6) is -0.654. The molecule has 0 bridgehead atoms. The summed E-state index contributed by atoms with van der Waals surface area (Å²) in [5.41, 5.74) is 7.21. The molecule has 0 aromatic heterocycles. The lowest BCUT2D eigenvalue weighted by molar-refractivity contribution is -0.125. The average molecular weight is 261 g/mol. The molecule has 1 aliphatic carbocycles. The molecule has 0 spiro atoms. The van der Waals surface area contributed by atoms with Crippen molar-refractivity contribution < 1.29 is 9.59 Å². The number of rotatable bonds is 6. The molecule has 0 aliphatic heterocycles. The molecule has 1 atom stereocenters. The normalized spacial score (nSPS) is 15.6. The van der Waals surface area contributed by atoms with E-state index in [1.165, 1.54) is 0 Å². The molecule has 1 aromatic rings. The van der Waals surface area contributed by atoms with E-state index in [4.69, 9.17) is 5.73 Å². The molecule has 0 radical (unpaired) electrons. The van der Waals surface area contributed by atoms with Crippen molar-refractivity contribution in [3.63, 3.8) is 0 Å². The summed E-state index contributed by atoms with van der Waals surface area (Å²) in [4.78, 5) is 23.1. The van der Waals surface area contributed by atoms with Gasteiger partial charge in [0.25, 0.3) is 0 Å². The Bertz CT molecular complexity index is 483. The summed E-state index contributed by atoms with van der Waals surface area (Å²) >= 11 is 0. The molecule has 19 heavy (non-hydrogen) atoms. The van der Waals surface area contributed by atoms with Gasteiger partial charge in [-0.2, -0.15) is 0 Å². The second-order valence-electron chi connectivity index (χ2n) is 5.01. The topological polar surface area (TPSA) is 84.2 Å². The van der Waals surface area contributed by atoms with E-state index in [-0.39, 0.29) is 12.3 Å². The van der Waals surface area contributed by atoms with Crippen molar-refractivity contribution in [1.82, 2.24) is 5.32 Å². The van der Waals surface area contributed by atoms with Gasteiger partial charge in [-0.15, -0.1) is 0 Å². The largest absolute Gasteiger partial charge is 0.373 e. The minimum Gasteiger partial charge on any atom is -0.373 e. The number of hydrogen-bond acceptors (Lipinski definition) is 3. The maximum absolute atomic E-state index is 11.7. The lowest BCUT2D eigenvalue weighted by atomic mass is 10.1. The van der Waals surface area contributed by atoms with Crippen LogP contribution in [-0.4, -0.2) is 23.9 Å². The van der Waals surface area contributed by atoms with Crippen LogP contribution in [0.3, 0.4) is 0 Å². The van der Waals surface area contributed by atoms with Crippen LogP contribution in [0.4, 0.5) is 5.69 Å². The summed E-state index contributed by atoms with van der Waals surface area (Å²) in [6.45, 7) is 1.96.